The van der Waals surface area contributed by atoms with Gasteiger partial charge in [0.1, 0.15) is 0 Å². The normalized spacial score (nSPS) is 15.2. The fraction of sp³-hybridized carbons (Fsp3) is 0.257. The Kier molecular flexibility index (Phi) is 12.7. The van der Waals surface area contributed by atoms with E-state index in [1.54, 1.807) is 14.2 Å². The maximum Gasteiger partial charge on any atom is 0.165 e. The van der Waals surface area contributed by atoms with E-state index in [9.17, 15) is 0 Å². The quantitative estimate of drug-likeness (QED) is 0.127. The highest BCUT2D eigenvalue weighted by molar-refractivity contribution is 5.80. The summed E-state index contributed by atoms with van der Waals surface area (Å²) >= 11 is 0. The van der Waals surface area contributed by atoms with E-state index in [1.165, 1.54) is 0 Å². The van der Waals surface area contributed by atoms with Gasteiger partial charge in [0.05, 0.1) is 69.9 Å². The van der Waals surface area contributed by atoms with Crippen LogP contribution in [-0.4, -0.2) is 54.1 Å². The van der Waals surface area contributed by atoms with Crippen LogP contribution in [0.3, 0.4) is 0 Å². The highest BCUT2D eigenvalue weighted by Gasteiger charge is 2.34. The molecule has 0 fully saturated rings. The zero-order valence-corrected chi connectivity index (χ0v) is 47.0. The van der Waals surface area contributed by atoms with Gasteiger partial charge in [-0.15, -0.1) is 0 Å². The number of methoxy groups -OCH3 is 2. The van der Waals surface area contributed by atoms with Crippen molar-refractivity contribution in [3.8, 4) is 58.9 Å². The molecular formula is C70H62N8O2. The van der Waals surface area contributed by atoms with E-state index in [0.717, 1.165) is 136 Å². The molecule has 4 aliphatic rings. The molecule has 0 aliphatic carbocycles. The first-order valence-corrected chi connectivity index (χ1v) is 27.2. The number of hydrogen-bond acceptors (Lipinski definition) is 6. The van der Waals surface area contributed by atoms with Crippen LogP contribution in [0.25, 0.3) is 44.1 Å². The molecule has 10 heteroatoms. The second kappa shape index (κ2) is 19.8. The molecule has 0 radical (unpaired) electrons. The van der Waals surface area contributed by atoms with E-state index in [1.807, 2.05) is 60.7 Å². The van der Waals surface area contributed by atoms with E-state index in [-0.39, 0.29) is 21.7 Å². The van der Waals surface area contributed by atoms with Gasteiger partial charge in [-0.3, -0.25) is 19.9 Å². The minimum absolute atomic E-state index is 0.245. The van der Waals surface area contributed by atoms with Gasteiger partial charge in [0.15, 0.2) is 11.5 Å². The molecule has 0 spiro atoms. The standard InChI is InChI=1S/C70H62N8O2/c1-67(2)39-53-33-55-45(29-49(71-55)35-61-69(5,6)41-57(77-61)65(79-9)63-47(27-25-43-19-13-11-14-20-43)31-51(75-63)37-59(67)73-53)23-17-18-24-46-30-50-36-62-70(7,8)42-58(78-62)66(80-10)64-48(28-26-44-21-15-12-16-22-44)32-52(76-64)38-60-68(3,4)40-54(74-60)34-56(46)72-50/h11-16,19-22,29-38,71-72,75-76H,39-42H2,1-10H3. The summed E-state index contributed by atoms with van der Waals surface area (Å²) in [6.07, 6.45) is 2.82. The van der Waals surface area contributed by atoms with Crippen molar-refractivity contribution in [1.29, 1.82) is 0 Å². The minimum Gasteiger partial charge on any atom is -0.493 e. The summed E-state index contributed by atoms with van der Waals surface area (Å²) in [5, 5.41) is 0. The minimum atomic E-state index is -0.297. The predicted molar refractivity (Wildman–Crippen MR) is 321 cm³/mol. The van der Waals surface area contributed by atoms with E-state index in [0.29, 0.717) is 24.3 Å². The number of hydrogen-bond donors (Lipinski definition) is 4. The number of aromatic amines is 4. The molecular weight excluding hydrogens is 985 g/mol. The van der Waals surface area contributed by atoms with Crippen LogP contribution in [0.2, 0.25) is 0 Å². The molecule has 0 amide bonds. The molecule has 10 heterocycles. The first-order chi connectivity index (χ1) is 38.4. The summed E-state index contributed by atoms with van der Waals surface area (Å²) in [5.41, 5.74) is 18.3. The van der Waals surface area contributed by atoms with Gasteiger partial charge >= 0.3 is 0 Å². The Balaban J connectivity index is 0.991. The predicted octanol–water partition coefficient (Wildman–Crippen LogP) is 13.2. The maximum atomic E-state index is 6.23. The van der Waals surface area contributed by atoms with Crippen LogP contribution in [0.4, 0.5) is 0 Å². The van der Waals surface area contributed by atoms with Crippen molar-refractivity contribution in [2.45, 2.75) is 103 Å². The van der Waals surface area contributed by atoms with E-state index in [4.69, 9.17) is 29.4 Å². The summed E-state index contributed by atoms with van der Waals surface area (Å²) in [7, 11) is 3.41. The highest BCUT2D eigenvalue weighted by atomic mass is 16.5. The summed E-state index contributed by atoms with van der Waals surface area (Å²) in [6, 6.07) is 41.2. The molecule has 0 atom stereocenters. The van der Waals surface area contributed by atoms with Crippen LogP contribution in [0.1, 0.15) is 134 Å². The lowest BCUT2D eigenvalue weighted by molar-refractivity contribution is 0.409. The van der Waals surface area contributed by atoms with Gasteiger partial charge in [0, 0.05) is 115 Å². The number of ether oxygens (including phenoxy) is 2. The van der Waals surface area contributed by atoms with Gasteiger partial charge < -0.3 is 29.4 Å². The molecule has 4 N–H and O–H groups in total. The van der Waals surface area contributed by atoms with Gasteiger partial charge in [-0.25, -0.2) is 0 Å². The molecule has 10 nitrogen and oxygen atoms in total. The van der Waals surface area contributed by atoms with Gasteiger partial charge in [-0.2, -0.15) is 0 Å². The van der Waals surface area contributed by atoms with Crippen molar-refractivity contribution >= 4 is 44.1 Å². The smallest absolute Gasteiger partial charge is 0.165 e. The molecule has 0 saturated carbocycles. The molecule has 8 aromatic rings. The van der Waals surface area contributed by atoms with Crippen molar-refractivity contribution in [3.63, 3.8) is 0 Å². The molecule has 12 rings (SSSR count). The van der Waals surface area contributed by atoms with E-state index >= 15 is 0 Å². The Morgan fingerprint density at radius 2 is 0.725 bits per heavy atom. The Bertz CT molecular complexity index is 4190. The zero-order chi connectivity index (χ0) is 55.6. The average Bonchev–Trinajstić information content (AvgIpc) is 4.36. The molecule has 0 saturated heterocycles. The Labute approximate surface area is 467 Å². The number of H-pyrrole nitrogens is 4. The number of nitrogens with one attached hydrogen (secondary N) is 4. The molecule has 2 aromatic carbocycles. The van der Waals surface area contributed by atoms with Crippen LogP contribution in [-0.2, 0) is 47.3 Å². The van der Waals surface area contributed by atoms with Crippen molar-refractivity contribution in [3.05, 3.63) is 200 Å². The third-order valence-corrected chi connectivity index (χ3v) is 15.6. The van der Waals surface area contributed by atoms with Gasteiger partial charge in [0.2, 0.25) is 0 Å². The summed E-state index contributed by atoms with van der Waals surface area (Å²) in [6.45, 7) is 17.8. The molecule has 80 heavy (non-hydrogen) atoms. The molecule has 394 valence electrons. The Hall–Kier alpha value is -9.48. The monoisotopic (exact) mass is 1050 g/mol. The van der Waals surface area contributed by atoms with Crippen LogP contribution >= 0.6 is 0 Å². The van der Waals surface area contributed by atoms with Gasteiger partial charge in [-0.05, 0) is 96.8 Å². The third kappa shape index (κ3) is 10.1. The van der Waals surface area contributed by atoms with Gasteiger partial charge in [-0.1, -0.05) is 127 Å². The van der Waals surface area contributed by atoms with Gasteiger partial charge in [0.25, 0.3) is 0 Å². The first kappa shape index (κ1) is 51.3. The van der Waals surface area contributed by atoms with E-state index in [2.05, 4.69) is 183 Å². The molecule has 0 unspecified atom stereocenters. The zero-order valence-electron chi connectivity index (χ0n) is 47.0. The molecule has 4 aliphatic heterocycles. The highest BCUT2D eigenvalue weighted by Crippen LogP contribution is 2.40. The average molecular weight is 1050 g/mol. The maximum absolute atomic E-state index is 6.23. The van der Waals surface area contributed by atoms with Crippen LogP contribution in [0, 0.1) is 47.4 Å². The first-order valence-electron chi connectivity index (χ1n) is 27.2. The lowest BCUT2D eigenvalue weighted by Gasteiger charge is -2.16. The van der Waals surface area contributed by atoms with Crippen molar-refractivity contribution in [2.24, 2.45) is 0 Å². The number of benzene rings is 2. The number of aromatic nitrogens is 8. The second-order valence-electron chi connectivity index (χ2n) is 23.9. The summed E-state index contributed by atoms with van der Waals surface area (Å²) in [5.74, 6) is 28.3. The molecule has 16 bridgehead atoms. The third-order valence-electron chi connectivity index (χ3n) is 15.6. The summed E-state index contributed by atoms with van der Waals surface area (Å²) in [4.78, 5) is 35.8. The fourth-order valence-corrected chi connectivity index (χ4v) is 11.2. The number of fused-ring (bicyclic) bond motifs is 16. The lowest BCUT2D eigenvalue weighted by Crippen LogP contribution is -2.15. The topological polar surface area (TPSA) is 133 Å². The van der Waals surface area contributed by atoms with Crippen molar-refractivity contribution < 1.29 is 9.47 Å². The Morgan fingerprint density at radius 3 is 1.11 bits per heavy atom. The van der Waals surface area contributed by atoms with Crippen molar-refractivity contribution in [2.75, 3.05) is 14.2 Å². The second-order valence-corrected chi connectivity index (χ2v) is 23.9. The Morgan fingerprint density at radius 1 is 0.375 bits per heavy atom. The van der Waals surface area contributed by atoms with E-state index < -0.39 is 0 Å². The largest absolute Gasteiger partial charge is 0.493 e. The fourth-order valence-electron chi connectivity index (χ4n) is 11.2. The van der Waals surface area contributed by atoms with Crippen LogP contribution < -0.4 is 9.47 Å². The molecule has 6 aromatic heterocycles. The lowest BCUT2D eigenvalue weighted by atomic mass is 9.87. The number of nitrogens with zero attached hydrogens (tertiary/aromatic N) is 4. The SMILES string of the molecule is COc1c2nc(cc3cc(C#CC#Cc4cc5cc6nc(c(OC)c7[nH]c(cc8nc(cc4[nH]5)CC8(C)C)cc7C#Cc4ccccc4)CC6(C)C)c(cc4nc(cc5cc(C#Cc6ccccc6)c1[nH]5)C(C)(C)C4)[nH]3)C(C)(C)C2. The van der Waals surface area contributed by atoms with Crippen LogP contribution in [0.15, 0.2) is 121 Å². The number of rotatable bonds is 2. The van der Waals surface area contributed by atoms with Crippen molar-refractivity contribution in [1.82, 2.24) is 39.9 Å². The summed E-state index contributed by atoms with van der Waals surface area (Å²) < 4.78 is 12.5. The van der Waals surface area contributed by atoms with Crippen LogP contribution in [0.5, 0.6) is 11.5 Å².